The Hall–Kier alpha value is -1.06. The van der Waals surface area contributed by atoms with Crippen LogP contribution in [0.1, 0.15) is 57.6 Å². The number of phenolic OH excluding ortho intramolecular Hbond substituents is 1. The van der Waals surface area contributed by atoms with Gasteiger partial charge in [0.1, 0.15) is 5.75 Å². The lowest BCUT2D eigenvalue weighted by Crippen LogP contribution is -2.37. The monoisotopic (exact) mass is 276 g/mol. The van der Waals surface area contributed by atoms with Gasteiger partial charge < -0.3 is 15.7 Å². The molecule has 3 atom stereocenters. The van der Waals surface area contributed by atoms with Crippen LogP contribution in [0.25, 0.3) is 0 Å². The lowest BCUT2D eigenvalue weighted by atomic mass is 10.0. The molecule has 1 heterocycles. The van der Waals surface area contributed by atoms with Gasteiger partial charge in [0.05, 0.1) is 0 Å². The molecule has 3 unspecified atom stereocenters. The Labute approximate surface area is 122 Å². The van der Waals surface area contributed by atoms with E-state index in [1.54, 1.807) is 6.07 Å². The minimum atomic E-state index is 0.267. The van der Waals surface area contributed by atoms with Crippen molar-refractivity contribution in [1.82, 2.24) is 10.6 Å². The van der Waals surface area contributed by atoms with Crippen LogP contribution in [0.3, 0.4) is 0 Å². The first-order valence-corrected chi connectivity index (χ1v) is 7.93. The molecule has 0 spiro atoms. The van der Waals surface area contributed by atoms with Gasteiger partial charge in [-0.1, -0.05) is 25.0 Å². The molecule has 3 nitrogen and oxygen atoms in total. The number of phenols is 1. The Balaban J connectivity index is 1.82. The van der Waals surface area contributed by atoms with Crippen LogP contribution in [-0.4, -0.2) is 23.7 Å². The lowest BCUT2D eigenvalue weighted by molar-refractivity contribution is 0.380. The maximum absolute atomic E-state index is 9.55. The first-order valence-electron chi connectivity index (χ1n) is 7.93. The second kappa shape index (κ2) is 7.65. The van der Waals surface area contributed by atoms with E-state index in [1.165, 1.54) is 38.6 Å². The third-order valence-corrected chi connectivity index (χ3v) is 4.21. The Bertz CT molecular complexity index is 400. The van der Waals surface area contributed by atoms with Crippen molar-refractivity contribution in [3.8, 4) is 5.75 Å². The average molecular weight is 276 g/mol. The first-order chi connectivity index (χ1) is 9.65. The number of hydrogen-bond acceptors (Lipinski definition) is 3. The molecule has 0 saturated carbocycles. The van der Waals surface area contributed by atoms with Crippen molar-refractivity contribution in [1.29, 1.82) is 0 Å². The Kier molecular flexibility index (Phi) is 5.86. The Morgan fingerprint density at radius 1 is 1.30 bits per heavy atom. The summed E-state index contributed by atoms with van der Waals surface area (Å²) in [6.07, 6.45) is 6.51. The van der Waals surface area contributed by atoms with Crippen LogP contribution in [-0.2, 0) is 0 Å². The number of nitrogens with one attached hydrogen (secondary N) is 2. The molecule has 3 heteroatoms. The van der Waals surface area contributed by atoms with E-state index in [-0.39, 0.29) is 6.04 Å². The van der Waals surface area contributed by atoms with E-state index in [0.717, 1.165) is 5.56 Å². The topological polar surface area (TPSA) is 44.3 Å². The molecule has 2 rings (SSSR count). The van der Waals surface area contributed by atoms with E-state index in [9.17, 15) is 5.11 Å². The van der Waals surface area contributed by atoms with Crippen LogP contribution in [0.2, 0.25) is 0 Å². The zero-order chi connectivity index (χ0) is 14.4. The lowest BCUT2D eigenvalue weighted by Gasteiger charge is -2.25. The molecule has 0 radical (unpaired) electrons. The molecule has 0 bridgehead atoms. The molecule has 1 saturated heterocycles. The molecule has 20 heavy (non-hydrogen) atoms. The van der Waals surface area contributed by atoms with Gasteiger partial charge in [0.15, 0.2) is 0 Å². The van der Waals surface area contributed by atoms with E-state index < -0.39 is 0 Å². The molecule has 0 aromatic heterocycles. The van der Waals surface area contributed by atoms with Gasteiger partial charge in [-0.2, -0.15) is 0 Å². The molecular formula is C17H28N2O. The minimum Gasteiger partial charge on any atom is -0.508 e. The fraction of sp³-hybridized carbons (Fsp3) is 0.647. The van der Waals surface area contributed by atoms with Gasteiger partial charge in [0.2, 0.25) is 0 Å². The van der Waals surface area contributed by atoms with Crippen LogP contribution < -0.4 is 10.6 Å². The highest BCUT2D eigenvalue weighted by Crippen LogP contribution is 2.19. The minimum absolute atomic E-state index is 0.267. The summed E-state index contributed by atoms with van der Waals surface area (Å²) in [5, 5.41) is 16.8. The molecule has 3 N–H and O–H groups in total. The van der Waals surface area contributed by atoms with Gasteiger partial charge in [0, 0.05) is 18.1 Å². The normalized spacial score (nSPS) is 23.0. The molecule has 1 aromatic rings. The van der Waals surface area contributed by atoms with Crippen molar-refractivity contribution in [3.05, 3.63) is 29.8 Å². The van der Waals surface area contributed by atoms with Gasteiger partial charge >= 0.3 is 0 Å². The summed E-state index contributed by atoms with van der Waals surface area (Å²) in [4.78, 5) is 0. The van der Waals surface area contributed by atoms with Crippen molar-refractivity contribution in [2.75, 3.05) is 6.54 Å². The van der Waals surface area contributed by atoms with E-state index in [2.05, 4.69) is 30.5 Å². The molecule has 0 aliphatic carbocycles. The van der Waals surface area contributed by atoms with Gasteiger partial charge in [-0.3, -0.25) is 0 Å². The van der Waals surface area contributed by atoms with Gasteiger partial charge in [-0.15, -0.1) is 0 Å². The summed E-state index contributed by atoms with van der Waals surface area (Å²) in [7, 11) is 0. The summed E-state index contributed by atoms with van der Waals surface area (Å²) in [6.45, 7) is 5.58. The molecule has 112 valence electrons. The van der Waals surface area contributed by atoms with Crippen molar-refractivity contribution in [2.24, 2.45) is 0 Å². The first kappa shape index (κ1) is 15.3. The van der Waals surface area contributed by atoms with Crippen LogP contribution >= 0.6 is 0 Å². The fourth-order valence-corrected chi connectivity index (χ4v) is 3.11. The molecule has 1 aromatic carbocycles. The Morgan fingerprint density at radius 2 is 2.15 bits per heavy atom. The van der Waals surface area contributed by atoms with E-state index >= 15 is 0 Å². The average Bonchev–Trinajstić information content (AvgIpc) is 2.67. The summed E-state index contributed by atoms with van der Waals surface area (Å²) in [5.74, 6) is 0.342. The predicted octanol–water partition coefficient (Wildman–Crippen LogP) is 3.35. The number of benzene rings is 1. The van der Waals surface area contributed by atoms with Crippen LogP contribution in [0.15, 0.2) is 24.3 Å². The summed E-state index contributed by atoms with van der Waals surface area (Å²) in [5.41, 5.74) is 1.14. The third kappa shape index (κ3) is 4.80. The number of rotatable bonds is 5. The van der Waals surface area contributed by atoms with Gasteiger partial charge in [-0.25, -0.2) is 0 Å². The number of hydrogen-bond donors (Lipinski definition) is 3. The standard InChI is InChI=1S/C17H28N2O/c1-13(11-16-8-4-3-5-10-18-16)19-14(2)15-7-6-9-17(20)12-15/h6-7,9,12-14,16,18-20H,3-5,8,10-11H2,1-2H3. The van der Waals surface area contributed by atoms with Gasteiger partial charge in [-0.05, 0) is 57.4 Å². The van der Waals surface area contributed by atoms with E-state index in [1.807, 2.05) is 12.1 Å². The largest absolute Gasteiger partial charge is 0.508 e. The van der Waals surface area contributed by atoms with Gasteiger partial charge in [0.25, 0.3) is 0 Å². The zero-order valence-electron chi connectivity index (χ0n) is 12.7. The quantitative estimate of drug-likeness (QED) is 0.772. The summed E-state index contributed by atoms with van der Waals surface area (Å²) >= 11 is 0. The smallest absolute Gasteiger partial charge is 0.115 e. The van der Waals surface area contributed by atoms with Crippen LogP contribution in [0.5, 0.6) is 5.75 Å². The molecule has 1 aliphatic rings. The summed E-state index contributed by atoms with van der Waals surface area (Å²) < 4.78 is 0. The van der Waals surface area contributed by atoms with Crippen molar-refractivity contribution in [3.63, 3.8) is 0 Å². The highest BCUT2D eigenvalue weighted by Gasteiger charge is 2.16. The third-order valence-electron chi connectivity index (χ3n) is 4.21. The SMILES string of the molecule is CC(CC1CCCCCN1)NC(C)c1cccc(O)c1. The van der Waals surface area contributed by atoms with Crippen LogP contribution in [0, 0.1) is 0 Å². The second-order valence-electron chi connectivity index (χ2n) is 6.12. The maximum atomic E-state index is 9.55. The van der Waals surface area contributed by atoms with Crippen molar-refractivity contribution in [2.45, 2.75) is 64.1 Å². The molecule has 1 fully saturated rings. The maximum Gasteiger partial charge on any atom is 0.115 e. The summed E-state index contributed by atoms with van der Waals surface area (Å²) in [6, 6.07) is 8.92. The second-order valence-corrected chi connectivity index (χ2v) is 6.12. The zero-order valence-corrected chi connectivity index (χ0v) is 12.7. The highest BCUT2D eigenvalue weighted by molar-refractivity contribution is 5.29. The molecule has 0 amide bonds. The molecule has 1 aliphatic heterocycles. The number of aromatic hydroxyl groups is 1. The highest BCUT2D eigenvalue weighted by atomic mass is 16.3. The van der Waals surface area contributed by atoms with E-state index in [0.29, 0.717) is 17.8 Å². The molecular weight excluding hydrogens is 248 g/mol. The van der Waals surface area contributed by atoms with E-state index in [4.69, 9.17) is 0 Å². The van der Waals surface area contributed by atoms with Crippen molar-refractivity contribution >= 4 is 0 Å². The van der Waals surface area contributed by atoms with Crippen molar-refractivity contribution < 1.29 is 5.11 Å². The predicted molar refractivity (Wildman–Crippen MR) is 84.0 cm³/mol. The fourth-order valence-electron chi connectivity index (χ4n) is 3.11. The van der Waals surface area contributed by atoms with Crippen LogP contribution in [0.4, 0.5) is 0 Å². The Morgan fingerprint density at radius 3 is 2.95 bits per heavy atom.